The van der Waals surface area contributed by atoms with Crippen molar-refractivity contribution in [1.29, 1.82) is 0 Å². The number of hydrogen-bond donors (Lipinski definition) is 0. The number of anilines is 6. The molecule has 9 rings (SSSR count). The fourth-order valence-corrected chi connectivity index (χ4v) is 8.52. The molecular formula is C43H38N4. The van der Waals surface area contributed by atoms with E-state index in [1.165, 1.54) is 56.1 Å². The van der Waals surface area contributed by atoms with E-state index in [4.69, 9.17) is 4.98 Å². The summed E-state index contributed by atoms with van der Waals surface area (Å²) in [6.07, 6.45) is 3.80. The summed E-state index contributed by atoms with van der Waals surface area (Å²) in [6, 6.07) is 40.0. The van der Waals surface area contributed by atoms with Crippen LogP contribution in [0.15, 0.2) is 122 Å². The van der Waals surface area contributed by atoms with Crippen LogP contribution in [0.2, 0.25) is 0 Å². The van der Waals surface area contributed by atoms with Gasteiger partial charge in [-0.3, -0.25) is 9.88 Å². The Kier molecular flexibility index (Phi) is 5.62. The number of benzene rings is 4. The quantitative estimate of drug-likeness (QED) is 0.195. The summed E-state index contributed by atoms with van der Waals surface area (Å²) in [5, 5.41) is 0. The number of rotatable bonds is 2. The molecule has 0 aliphatic carbocycles. The van der Waals surface area contributed by atoms with Crippen LogP contribution in [0, 0.1) is 0 Å². The van der Waals surface area contributed by atoms with Gasteiger partial charge in [0, 0.05) is 45.5 Å². The Balaban J connectivity index is 1.35. The van der Waals surface area contributed by atoms with Crippen molar-refractivity contribution in [2.75, 3.05) is 9.80 Å². The molecule has 0 bridgehead atoms. The molecule has 3 aliphatic rings. The van der Waals surface area contributed by atoms with Crippen molar-refractivity contribution in [2.24, 2.45) is 0 Å². The number of aromatic nitrogens is 2. The van der Waals surface area contributed by atoms with Gasteiger partial charge in [-0.15, -0.1) is 0 Å². The van der Waals surface area contributed by atoms with Crippen molar-refractivity contribution < 1.29 is 0 Å². The van der Waals surface area contributed by atoms with E-state index in [0.29, 0.717) is 0 Å². The molecule has 230 valence electrons. The van der Waals surface area contributed by atoms with E-state index in [1.807, 2.05) is 18.5 Å². The Morgan fingerprint density at radius 1 is 0.447 bits per heavy atom. The Hall–Kier alpha value is -5.22. The van der Waals surface area contributed by atoms with Crippen molar-refractivity contribution in [1.82, 2.24) is 9.97 Å². The molecule has 47 heavy (non-hydrogen) atoms. The second-order valence-electron chi connectivity index (χ2n) is 14.8. The van der Waals surface area contributed by atoms with Crippen molar-refractivity contribution >= 4 is 34.3 Å². The van der Waals surface area contributed by atoms with Crippen LogP contribution in [-0.2, 0) is 16.2 Å². The minimum Gasteiger partial charge on any atom is -0.310 e. The maximum absolute atomic E-state index is 5.09. The van der Waals surface area contributed by atoms with Crippen LogP contribution >= 0.6 is 0 Å². The number of para-hydroxylation sites is 2. The highest BCUT2D eigenvalue weighted by molar-refractivity contribution is 5.96. The first-order chi connectivity index (χ1) is 22.6. The zero-order valence-corrected chi connectivity index (χ0v) is 27.8. The zero-order chi connectivity index (χ0) is 32.3. The van der Waals surface area contributed by atoms with E-state index >= 15 is 0 Å². The van der Waals surface area contributed by atoms with Crippen LogP contribution in [0.1, 0.15) is 74.9 Å². The van der Waals surface area contributed by atoms with Crippen LogP contribution in [0.3, 0.4) is 0 Å². The van der Waals surface area contributed by atoms with E-state index in [2.05, 4.69) is 159 Å². The van der Waals surface area contributed by atoms with Gasteiger partial charge >= 0.3 is 0 Å². The largest absolute Gasteiger partial charge is 0.310 e. The third-order valence-electron chi connectivity index (χ3n) is 11.1. The molecule has 4 nitrogen and oxygen atoms in total. The van der Waals surface area contributed by atoms with E-state index in [0.717, 1.165) is 22.8 Å². The first-order valence-electron chi connectivity index (χ1n) is 16.6. The van der Waals surface area contributed by atoms with Gasteiger partial charge in [0.15, 0.2) is 0 Å². The highest BCUT2D eigenvalue weighted by Gasteiger charge is 2.48. The molecule has 0 radical (unpaired) electrons. The van der Waals surface area contributed by atoms with Gasteiger partial charge in [0.1, 0.15) is 5.82 Å². The van der Waals surface area contributed by atoms with Crippen molar-refractivity contribution in [3.05, 3.63) is 155 Å². The van der Waals surface area contributed by atoms with E-state index in [-0.39, 0.29) is 16.2 Å². The molecule has 0 fully saturated rings. The molecule has 0 spiro atoms. The number of fused-ring (bicyclic) bond motifs is 6. The third-order valence-corrected chi connectivity index (χ3v) is 11.1. The topological polar surface area (TPSA) is 32.3 Å². The molecule has 3 aliphatic heterocycles. The Morgan fingerprint density at radius 3 is 1.83 bits per heavy atom. The summed E-state index contributed by atoms with van der Waals surface area (Å²) in [6.45, 7) is 14.2. The Morgan fingerprint density at radius 2 is 1.06 bits per heavy atom. The van der Waals surface area contributed by atoms with Gasteiger partial charge in [0.25, 0.3) is 0 Å². The zero-order valence-electron chi connectivity index (χ0n) is 27.8. The van der Waals surface area contributed by atoms with E-state index in [1.54, 1.807) is 0 Å². The molecular weight excluding hydrogens is 573 g/mol. The predicted octanol–water partition coefficient (Wildman–Crippen LogP) is 11.0. The van der Waals surface area contributed by atoms with Crippen LogP contribution < -0.4 is 9.80 Å². The monoisotopic (exact) mass is 610 g/mol. The molecule has 0 saturated carbocycles. The lowest BCUT2D eigenvalue weighted by Gasteiger charge is -2.50. The van der Waals surface area contributed by atoms with Crippen LogP contribution in [0.25, 0.3) is 11.3 Å². The highest BCUT2D eigenvalue weighted by Crippen LogP contribution is 2.62. The Labute approximate surface area is 277 Å². The van der Waals surface area contributed by atoms with Crippen LogP contribution in [0.4, 0.5) is 34.3 Å². The summed E-state index contributed by atoms with van der Waals surface area (Å²) >= 11 is 0. The number of pyridine rings is 2. The molecule has 6 aromatic rings. The predicted molar refractivity (Wildman–Crippen MR) is 193 cm³/mol. The second kappa shape index (κ2) is 9.42. The first-order valence-corrected chi connectivity index (χ1v) is 16.6. The smallest absolute Gasteiger partial charge is 0.141 e. The molecule has 4 aromatic carbocycles. The summed E-state index contributed by atoms with van der Waals surface area (Å²) in [4.78, 5) is 14.7. The summed E-state index contributed by atoms with van der Waals surface area (Å²) in [5.74, 6) is 1.02. The minimum atomic E-state index is -0.217. The molecule has 0 saturated heterocycles. The van der Waals surface area contributed by atoms with Gasteiger partial charge in [0.2, 0.25) is 0 Å². The third kappa shape index (κ3) is 3.70. The number of nitrogens with zero attached hydrogens (tertiary/aromatic N) is 4. The fourth-order valence-electron chi connectivity index (χ4n) is 8.52. The number of hydrogen-bond acceptors (Lipinski definition) is 4. The van der Waals surface area contributed by atoms with Gasteiger partial charge < -0.3 is 4.90 Å². The normalized spacial score (nSPS) is 17.1. The maximum Gasteiger partial charge on any atom is 0.141 e. The van der Waals surface area contributed by atoms with E-state index in [9.17, 15) is 0 Å². The lowest BCUT2D eigenvalue weighted by Crippen LogP contribution is -2.39. The molecule has 0 unspecified atom stereocenters. The van der Waals surface area contributed by atoms with Crippen LogP contribution in [-0.4, -0.2) is 9.97 Å². The van der Waals surface area contributed by atoms with Gasteiger partial charge in [-0.05, 0) is 76.3 Å². The minimum absolute atomic E-state index is 0.174. The van der Waals surface area contributed by atoms with Gasteiger partial charge in [0.05, 0.1) is 28.4 Å². The Bertz CT molecular complexity index is 2250. The molecule has 0 amide bonds. The fraction of sp³-hybridized carbons (Fsp3) is 0.209. The molecule has 2 aromatic heterocycles. The van der Waals surface area contributed by atoms with Gasteiger partial charge in [-0.25, -0.2) is 4.98 Å². The van der Waals surface area contributed by atoms with Gasteiger partial charge in [-0.1, -0.05) is 102 Å². The average Bonchev–Trinajstić information content (AvgIpc) is 3.08. The molecule has 0 atom stereocenters. The lowest BCUT2D eigenvalue weighted by atomic mass is 9.65. The summed E-state index contributed by atoms with van der Waals surface area (Å²) in [7, 11) is 0. The average molecular weight is 611 g/mol. The SMILES string of the molecule is CC1(C)c2ccccc2N(c2cccc(-c3ccccn3)c2)c2cc3c(cc21)C(C)(C)c1cccc2c1N3c1ncccc1C2(C)C. The van der Waals surface area contributed by atoms with Gasteiger partial charge in [-0.2, -0.15) is 0 Å². The van der Waals surface area contributed by atoms with Crippen LogP contribution in [0.5, 0.6) is 0 Å². The molecule has 4 heteroatoms. The standard InChI is InChI=1S/C43H38N4/c1-41(2)29-16-7-8-21-36(29)46(28-15-11-14-27(24-28)35-20-9-10-22-44-35)37-26-38-34(25-33(37)41)43(5,6)31-18-12-17-30-39(31)47(38)40-32(42(30,3)4)19-13-23-45-40/h7-26H,1-6H3. The molecule has 0 N–H and O–H groups in total. The summed E-state index contributed by atoms with van der Waals surface area (Å²) in [5.41, 5.74) is 15.4. The van der Waals surface area contributed by atoms with Crippen molar-refractivity contribution in [3.63, 3.8) is 0 Å². The molecule has 5 heterocycles. The highest BCUT2D eigenvalue weighted by atomic mass is 15.2. The van der Waals surface area contributed by atoms with Crippen molar-refractivity contribution in [3.8, 4) is 11.3 Å². The second-order valence-corrected chi connectivity index (χ2v) is 14.8. The first kappa shape index (κ1) is 28.0. The van der Waals surface area contributed by atoms with Crippen molar-refractivity contribution in [2.45, 2.75) is 57.8 Å². The maximum atomic E-state index is 5.09. The summed E-state index contributed by atoms with van der Waals surface area (Å²) < 4.78 is 0. The van der Waals surface area contributed by atoms with E-state index < -0.39 is 0 Å². The lowest BCUT2D eigenvalue weighted by molar-refractivity contribution is 0.587.